The van der Waals surface area contributed by atoms with Crippen molar-refractivity contribution >= 4 is 29.2 Å². The van der Waals surface area contributed by atoms with Gasteiger partial charge in [-0.25, -0.2) is 4.79 Å². The molecule has 1 aliphatic heterocycles. The van der Waals surface area contributed by atoms with Gasteiger partial charge in [0.15, 0.2) is 0 Å². The number of rotatable bonds is 5. The Morgan fingerprint density at radius 3 is 2.58 bits per heavy atom. The van der Waals surface area contributed by atoms with Crippen molar-refractivity contribution in [3.63, 3.8) is 0 Å². The third kappa shape index (κ3) is 4.93. The van der Waals surface area contributed by atoms with Crippen molar-refractivity contribution in [2.45, 2.75) is 6.54 Å². The van der Waals surface area contributed by atoms with Crippen LogP contribution in [0.5, 0.6) is 0 Å². The zero-order valence-electron chi connectivity index (χ0n) is 14.1. The fourth-order valence-corrected chi connectivity index (χ4v) is 3.35. The molecule has 0 spiro atoms. The maximum Gasteiger partial charge on any atom is 0.321 e. The molecule has 2 aromatic rings. The number of piperazine rings is 1. The van der Waals surface area contributed by atoms with Gasteiger partial charge in [-0.1, -0.05) is 6.07 Å². The van der Waals surface area contributed by atoms with Crippen LogP contribution in [0.1, 0.15) is 15.4 Å². The molecule has 8 nitrogen and oxygen atoms in total. The average Bonchev–Trinajstić information content (AvgIpc) is 3.33. The van der Waals surface area contributed by atoms with Gasteiger partial charge in [0.1, 0.15) is 5.76 Å². The van der Waals surface area contributed by atoms with E-state index in [1.54, 1.807) is 17.0 Å². The second kappa shape index (κ2) is 8.63. The molecule has 1 fully saturated rings. The Morgan fingerprint density at radius 1 is 1.12 bits per heavy atom. The molecule has 1 saturated heterocycles. The molecule has 0 bridgehead atoms. The van der Waals surface area contributed by atoms with E-state index >= 15 is 0 Å². The molecule has 4 amide bonds. The molecule has 1 aliphatic rings. The first-order valence-corrected chi connectivity index (χ1v) is 9.15. The molecule has 2 N–H and O–H groups in total. The Labute approximate surface area is 154 Å². The van der Waals surface area contributed by atoms with E-state index < -0.39 is 6.03 Å². The average molecular weight is 376 g/mol. The van der Waals surface area contributed by atoms with Crippen molar-refractivity contribution in [3.8, 4) is 0 Å². The van der Waals surface area contributed by atoms with Gasteiger partial charge in [-0.2, -0.15) is 0 Å². The summed E-state index contributed by atoms with van der Waals surface area (Å²) in [6, 6.07) is 6.57. The summed E-state index contributed by atoms with van der Waals surface area (Å²) in [6.07, 6.45) is 1.52. The minimum absolute atomic E-state index is 0.0291. The van der Waals surface area contributed by atoms with Crippen LogP contribution in [0, 0.1) is 0 Å². The molecule has 138 valence electrons. The fourth-order valence-electron chi connectivity index (χ4n) is 2.66. The van der Waals surface area contributed by atoms with Gasteiger partial charge in [0, 0.05) is 26.2 Å². The van der Waals surface area contributed by atoms with E-state index in [2.05, 4.69) is 10.6 Å². The second-order valence-corrected chi connectivity index (χ2v) is 6.80. The van der Waals surface area contributed by atoms with Crippen molar-refractivity contribution < 1.29 is 18.8 Å². The van der Waals surface area contributed by atoms with Gasteiger partial charge >= 0.3 is 6.03 Å². The van der Waals surface area contributed by atoms with Gasteiger partial charge in [-0.15, -0.1) is 11.3 Å². The summed E-state index contributed by atoms with van der Waals surface area (Å²) in [7, 11) is 0. The molecule has 26 heavy (non-hydrogen) atoms. The zero-order chi connectivity index (χ0) is 18.4. The predicted molar refractivity (Wildman–Crippen MR) is 95.7 cm³/mol. The maximum absolute atomic E-state index is 12.3. The van der Waals surface area contributed by atoms with Crippen LogP contribution in [-0.4, -0.2) is 60.4 Å². The minimum Gasteiger partial charge on any atom is -0.467 e. The van der Waals surface area contributed by atoms with Gasteiger partial charge in [-0.3, -0.25) is 19.8 Å². The molecule has 0 radical (unpaired) electrons. The lowest BCUT2D eigenvalue weighted by Crippen LogP contribution is -2.52. The molecule has 0 unspecified atom stereocenters. The van der Waals surface area contributed by atoms with E-state index in [1.807, 2.05) is 22.4 Å². The number of nitrogens with one attached hydrogen (secondary N) is 2. The van der Waals surface area contributed by atoms with E-state index in [4.69, 9.17) is 4.42 Å². The lowest BCUT2D eigenvalue weighted by atomic mass is 10.3. The molecule has 0 aromatic carbocycles. The lowest BCUT2D eigenvalue weighted by Gasteiger charge is -2.34. The van der Waals surface area contributed by atoms with Crippen LogP contribution < -0.4 is 10.6 Å². The summed E-state index contributed by atoms with van der Waals surface area (Å²) in [6.45, 7) is 2.66. The highest BCUT2D eigenvalue weighted by molar-refractivity contribution is 7.12. The normalized spacial score (nSPS) is 14.8. The van der Waals surface area contributed by atoms with Crippen LogP contribution in [0.15, 0.2) is 40.3 Å². The van der Waals surface area contributed by atoms with Crippen molar-refractivity contribution in [1.82, 2.24) is 20.4 Å². The van der Waals surface area contributed by atoms with Gasteiger partial charge in [-0.05, 0) is 23.6 Å². The van der Waals surface area contributed by atoms with Gasteiger partial charge in [0.2, 0.25) is 5.91 Å². The van der Waals surface area contributed by atoms with E-state index in [0.29, 0.717) is 31.9 Å². The number of furan rings is 1. The minimum atomic E-state index is -0.557. The summed E-state index contributed by atoms with van der Waals surface area (Å²) >= 11 is 1.43. The smallest absolute Gasteiger partial charge is 0.321 e. The molecular weight excluding hydrogens is 356 g/mol. The van der Waals surface area contributed by atoms with Gasteiger partial charge < -0.3 is 14.6 Å². The van der Waals surface area contributed by atoms with Gasteiger partial charge in [0.25, 0.3) is 5.91 Å². The quantitative estimate of drug-likeness (QED) is 0.816. The highest BCUT2D eigenvalue weighted by atomic mass is 32.1. The third-order valence-electron chi connectivity index (χ3n) is 4.01. The van der Waals surface area contributed by atoms with Crippen LogP contribution in [0.2, 0.25) is 0 Å². The predicted octanol–water partition coefficient (Wildman–Crippen LogP) is 1.12. The van der Waals surface area contributed by atoms with Crippen LogP contribution >= 0.6 is 11.3 Å². The Hall–Kier alpha value is -2.65. The number of carbonyl (C=O) groups is 3. The summed E-state index contributed by atoms with van der Waals surface area (Å²) in [5, 5.41) is 6.73. The highest BCUT2D eigenvalue weighted by Crippen LogP contribution is 2.13. The van der Waals surface area contributed by atoms with Crippen LogP contribution in [0.25, 0.3) is 0 Å². The summed E-state index contributed by atoms with van der Waals surface area (Å²) < 4.78 is 5.10. The molecule has 3 heterocycles. The lowest BCUT2D eigenvalue weighted by molar-refractivity contribution is -0.121. The van der Waals surface area contributed by atoms with Crippen molar-refractivity contribution in [2.75, 3.05) is 32.7 Å². The molecule has 3 rings (SSSR count). The number of carbonyl (C=O) groups excluding carboxylic acids is 3. The molecule has 0 atom stereocenters. The van der Waals surface area contributed by atoms with Crippen molar-refractivity contribution in [3.05, 3.63) is 46.5 Å². The molecule has 2 aromatic heterocycles. The van der Waals surface area contributed by atoms with Crippen LogP contribution in [0.3, 0.4) is 0 Å². The number of amides is 4. The number of nitrogens with zero attached hydrogens (tertiary/aromatic N) is 2. The Balaban J connectivity index is 1.36. The number of imide groups is 1. The van der Waals surface area contributed by atoms with Crippen molar-refractivity contribution in [2.24, 2.45) is 0 Å². The van der Waals surface area contributed by atoms with E-state index in [-0.39, 0.29) is 24.9 Å². The third-order valence-corrected chi connectivity index (χ3v) is 4.87. The fraction of sp³-hybridized carbons (Fsp3) is 0.353. The number of hydrogen-bond acceptors (Lipinski definition) is 6. The van der Waals surface area contributed by atoms with E-state index in [1.165, 1.54) is 17.6 Å². The standard InChI is InChI=1S/C17H20N4O4S/c22-15(19-17(24)18-11-13-3-1-9-25-13)12-20-5-7-21(8-6-20)16(23)14-4-2-10-26-14/h1-4,9-10H,5-8,11-12H2,(H2,18,19,22,24). The SMILES string of the molecule is O=C(CN1CCN(C(=O)c2cccs2)CC1)NC(=O)NCc1ccco1. The molecule has 0 saturated carbocycles. The summed E-state index contributed by atoms with van der Waals surface area (Å²) in [5.74, 6) is 0.264. The van der Waals surface area contributed by atoms with Crippen LogP contribution in [0.4, 0.5) is 4.79 Å². The van der Waals surface area contributed by atoms with Crippen molar-refractivity contribution in [1.29, 1.82) is 0 Å². The first-order valence-electron chi connectivity index (χ1n) is 8.27. The van der Waals surface area contributed by atoms with Gasteiger partial charge in [0.05, 0.1) is 24.2 Å². The van der Waals surface area contributed by atoms with E-state index in [9.17, 15) is 14.4 Å². The molecule has 9 heteroatoms. The monoisotopic (exact) mass is 376 g/mol. The summed E-state index contributed by atoms with van der Waals surface area (Å²) in [5.41, 5.74) is 0. The highest BCUT2D eigenvalue weighted by Gasteiger charge is 2.24. The number of urea groups is 1. The molecule has 0 aliphatic carbocycles. The first kappa shape index (κ1) is 18.2. The summed E-state index contributed by atoms with van der Waals surface area (Å²) in [4.78, 5) is 40.4. The van der Waals surface area contributed by atoms with Crippen LogP contribution in [-0.2, 0) is 11.3 Å². The van der Waals surface area contributed by atoms with E-state index in [0.717, 1.165) is 4.88 Å². The Bertz CT molecular complexity index is 737. The topological polar surface area (TPSA) is 94.9 Å². The Morgan fingerprint density at radius 2 is 1.92 bits per heavy atom. The number of hydrogen-bond donors (Lipinski definition) is 2. The second-order valence-electron chi connectivity index (χ2n) is 5.86. The molecular formula is C17H20N4O4S. The first-order chi connectivity index (χ1) is 12.6. The maximum atomic E-state index is 12.3. The largest absolute Gasteiger partial charge is 0.467 e. The Kier molecular flexibility index (Phi) is 6.03. The number of thiophene rings is 1. The zero-order valence-corrected chi connectivity index (χ0v) is 15.0.